The normalized spacial score (nSPS) is 17.1. The van der Waals surface area contributed by atoms with Gasteiger partial charge in [0.05, 0.1) is 17.4 Å². The van der Waals surface area contributed by atoms with E-state index < -0.39 is 52.4 Å². The van der Waals surface area contributed by atoms with Gasteiger partial charge in [-0.05, 0) is 44.7 Å². The number of likely N-dealkylation sites (tertiary alicyclic amines) is 1. The molecule has 0 bridgehead atoms. The number of aliphatic imine (C=N–C) groups is 1. The molecule has 1 aliphatic rings. The van der Waals surface area contributed by atoms with Crippen molar-refractivity contribution < 1.29 is 32.7 Å². The highest BCUT2D eigenvalue weighted by Gasteiger charge is 2.39. The Morgan fingerprint density at radius 1 is 1.25 bits per heavy atom. The number of carboxylic acid groups (broad SMARTS) is 1. The van der Waals surface area contributed by atoms with E-state index in [-0.39, 0.29) is 36.8 Å². The van der Waals surface area contributed by atoms with Gasteiger partial charge in [-0.25, -0.2) is 8.42 Å². The third-order valence-corrected chi connectivity index (χ3v) is 7.09. The molecule has 0 unspecified atom stereocenters. The summed E-state index contributed by atoms with van der Waals surface area (Å²) in [4.78, 5) is 53.8. The van der Waals surface area contributed by atoms with Crippen LogP contribution in [0.2, 0.25) is 0 Å². The summed E-state index contributed by atoms with van der Waals surface area (Å²) in [5, 5.41) is 11.9. The number of nitrogens with one attached hydrogen (secondary N) is 2. The largest absolute Gasteiger partial charge is 0.481 e. The van der Waals surface area contributed by atoms with Crippen molar-refractivity contribution in [2.75, 3.05) is 13.1 Å². The maximum atomic E-state index is 13.2. The Morgan fingerprint density at radius 3 is 2.50 bits per heavy atom. The average molecular weight is 525 g/mol. The minimum Gasteiger partial charge on any atom is -0.481 e. The van der Waals surface area contributed by atoms with Crippen molar-refractivity contribution in [3.63, 3.8) is 0 Å². The van der Waals surface area contributed by atoms with E-state index in [1.54, 1.807) is 19.1 Å². The molecule has 0 aliphatic carbocycles. The molecule has 7 N–H and O–H groups in total. The fraction of sp³-hybridized carbons (Fsp3) is 0.500. The number of hydrogen-bond acceptors (Lipinski definition) is 7. The van der Waals surface area contributed by atoms with E-state index in [9.17, 15) is 32.7 Å². The SMILES string of the molecule is Cc1ccc(S(=O)(=O)N[C@H](CC(=O)O)C(=O)N2CCC[C@H]2C(=O)N[C@@H](C=O)CCCN=C(N)N)cc1. The second-order valence-electron chi connectivity index (χ2n) is 8.47. The van der Waals surface area contributed by atoms with Gasteiger partial charge in [0.1, 0.15) is 18.4 Å². The second-order valence-corrected chi connectivity index (χ2v) is 10.2. The van der Waals surface area contributed by atoms with Crippen molar-refractivity contribution in [3.05, 3.63) is 29.8 Å². The molecule has 1 fully saturated rings. The zero-order valence-corrected chi connectivity index (χ0v) is 20.7. The van der Waals surface area contributed by atoms with E-state index >= 15 is 0 Å². The van der Waals surface area contributed by atoms with Gasteiger partial charge in [0, 0.05) is 13.1 Å². The molecular formula is C22H32N6O7S. The number of hydrogen-bond donors (Lipinski definition) is 5. The lowest BCUT2D eigenvalue weighted by molar-refractivity contribution is -0.144. The average Bonchev–Trinajstić information content (AvgIpc) is 3.29. The zero-order chi connectivity index (χ0) is 26.9. The molecule has 1 saturated heterocycles. The summed E-state index contributed by atoms with van der Waals surface area (Å²) in [6.07, 6.45) is 1.18. The van der Waals surface area contributed by atoms with Crippen molar-refractivity contribution in [3.8, 4) is 0 Å². The highest BCUT2D eigenvalue weighted by molar-refractivity contribution is 7.89. The van der Waals surface area contributed by atoms with Crippen molar-refractivity contribution in [1.29, 1.82) is 0 Å². The summed E-state index contributed by atoms with van der Waals surface area (Å²) in [5.74, 6) is -2.89. The van der Waals surface area contributed by atoms with Crippen LogP contribution in [-0.2, 0) is 29.2 Å². The number of carboxylic acids is 1. The first-order valence-electron chi connectivity index (χ1n) is 11.4. The molecule has 36 heavy (non-hydrogen) atoms. The number of aliphatic carboxylic acids is 1. The highest BCUT2D eigenvalue weighted by Crippen LogP contribution is 2.21. The summed E-state index contributed by atoms with van der Waals surface area (Å²) in [6.45, 7) is 2.18. The summed E-state index contributed by atoms with van der Waals surface area (Å²) in [6, 6.07) is 2.41. The lowest BCUT2D eigenvalue weighted by Gasteiger charge is -2.28. The first-order valence-corrected chi connectivity index (χ1v) is 12.8. The van der Waals surface area contributed by atoms with Gasteiger partial charge < -0.3 is 31.6 Å². The Kier molecular flexibility index (Phi) is 10.3. The van der Waals surface area contributed by atoms with Crippen molar-refractivity contribution in [1.82, 2.24) is 14.9 Å². The van der Waals surface area contributed by atoms with Gasteiger partial charge in [0.2, 0.25) is 21.8 Å². The molecule has 1 aromatic rings. The molecule has 0 radical (unpaired) electrons. The third kappa shape index (κ3) is 8.30. The van der Waals surface area contributed by atoms with E-state index in [2.05, 4.69) is 15.0 Å². The zero-order valence-electron chi connectivity index (χ0n) is 19.9. The van der Waals surface area contributed by atoms with Gasteiger partial charge in [-0.2, -0.15) is 4.72 Å². The van der Waals surface area contributed by atoms with Gasteiger partial charge in [-0.1, -0.05) is 17.7 Å². The highest BCUT2D eigenvalue weighted by atomic mass is 32.2. The summed E-state index contributed by atoms with van der Waals surface area (Å²) in [5.41, 5.74) is 11.3. The standard InChI is InChI=1S/C22H32N6O7S/c1-14-6-8-16(9-7-14)36(34,35)27-17(12-19(30)31)21(33)28-11-3-5-18(28)20(32)26-15(13-29)4-2-10-25-22(23)24/h6-9,13,15,17-18,27H,2-5,10-12H2,1H3,(H,26,32)(H,30,31)(H4,23,24,25)/t15-,17-,18+/m1/s1. The molecule has 1 aliphatic heterocycles. The maximum Gasteiger partial charge on any atom is 0.305 e. The summed E-state index contributed by atoms with van der Waals surface area (Å²) in [7, 11) is -4.21. The second kappa shape index (κ2) is 13.0. The minimum absolute atomic E-state index is 0.0873. The molecule has 0 saturated carbocycles. The number of nitrogens with zero attached hydrogens (tertiary/aromatic N) is 2. The van der Waals surface area contributed by atoms with Crippen molar-refractivity contribution in [2.45, 2.75) is 62.0 Å². The van der Waals surface area contributed by atoms with Crippen LogP contribution in [0.4, 0.5) is 0 Å². The molecule has 2 amide bonds. The maximum absolute atomic E-state index is 13.2. The van der Waals surface area contributed by atoms with Gasteiger partial charge in [-0.15, -0.1) is 0 Å². The molecule has 0 spiro atoms. The lowest BCUT2D eigenvalue weighted by atomic mass is 10.1. The molecule has 1 heterocycles. The van der Waals surface area contributed by atoms with Gasteiger partial charge >= 0.3 is 5.97 Å². The Labute approximate surface area is 209 Å². The number of aryl methyl sites for hydroxylation is 1. The van der Waals surface area contributed by atoms with Crippen LogP contribution in [0, 0.1) is 6.92 Å². The van der Waals surface area contributed by atoms with Crippen molar-refractivity contribution in [2.24, 2.45) is 16.5 Å². The Morgan fingerprint density at radius 2 is 1.92 bits per heavy atom. The van der Waals surface area contributed by atoms with E-state index in [0.29, 0.717) is 19.1 Å². The molecule has 0 aromatic heterocycles. The Hall–Kier alpha value is -3.52. The van der Waals surface area contributed by atoms with Gasteiger partial charge in [-0.3, -0.25) is 19.4 Å². The van der Waals surface area contributed by atoms with Crippen LogP contribution in [-0.4, -0.2) is 79.7 Å². The monoisotopic (exact) mass is 524 g/mol. The number of sulfonamides is 1. The van der Waals surface area contributed by atoms with Crippen LogP contribution in [0.25, 0.3) is 0 Å². The Bertz CT molecular complexity index is 1090. The van der Waals surface area contributed by atoms with Crippen LogP contribution in [0.15, 0.2) is 34.2 Å². The van der Waals surface area contributed by atoms with Gasteiger partial charge in [0.15, 0.2) is 5.96 Å². The molecule has 14 heteroatoms. The number of guanidine groups is 1. The molecule has 13 nitrogen and oxygen atoms in total. The molecule has 1 aromatic carbocycles. The van der Waals surface area contributed by atoms with Crippen LogP contribution in [0.5, 0.6) is 0 Å². The number of aldehydes is 1. The van der Waals surface area contributed by atoms with Crippen molar-refractivity contribution >= 4 is 40.1 Å². The number of nitrogens with two attached hydrogens (primary N) is 2. The molecule has 2 rings (SSSR count). The Balaban J connectivity index is 2.13. The number of carbonyl (C=O) groups excluding carboxylic acids is 3. The smallest absolute Gasteiger partial charge is 0.305 e. The topological polar surface area (TPSA) is 214 Å². The van der Waals surface area contributed by atoms with E-state index in [0.717, 1.165) is 10.5 Å². The third-order valence-electron chi connectivity index (χ3n) is 5.60. The van der Waals surface area contributed by atoms with Crippen LogP contribution < -0.4 is 21.5 Å². The van der Waals surface area contributed by atoms with Crippen LogP contribution >= 0.6 is 0 Å². The lowest BCUT2D eigenvalue weighted by Crippen LogP contribution is -2.55. The first-order chi connectivity index (χ1) is 16.9. The molecule has 3 atom stereocenters. The fourth-order valence-electron chi connectivity index (χ4n) is 3.80. The van der Waals surface area contributed by atoms with E-state index in [4.69, 9.17) is 11.5 Å². The predicted molar refractivity (Wildman–Crippen MR) is 130 cm³/mol. The number of rotatable bonds is 13. The first kappa shape index (κ1) is 28.7. The molecular weight excluding hydrogens is 492 g/mol. The summed E-state index contributed by atoms with van der Waals surface area (Å²) < 4.78 is 27.8. The quantitative estimate of drug-likeness (QED) is 0.0909. The van der Waals surface area contributed by atoms with Crippen LogP contribution in [0.3, 0.4) is 0 Å². The minimum atomic E-state index is -4.21. The van der Waals surface area contributed by atoms with Gasteiger partial charge in [0.25, 0.3) is 0 Å². The number of carbonyl (C=O) groups is 4. The summed E-state index contributed by atoms with van der Waals surface area (Å²) >= 11 is 0. The fourth-order valence-corrected chi connectivity index (χ4v) is 4.99. The number of benzene rings is 1. The van der Waals surface area contributed by atoms with E-state index in [1.807, 2.05) is 0 Å². The molecule has 198 valence electrons. The van der Waals surface area contributed by atoms with Crippen LogP contribution in [0.1, 0.15) is 37.7 Å². The predicted octanol–water partition coefficient (Wildman–Crippen LogP) is -1.16. The van der Waals surface area contributed by atoms with E-state index in [1.165, 1.54) is 12.1 Å². The number of amides is 2.